The number of allylic oxidation sites excluding steroid dienone is 8. The van der Waals surface area contributed by atoms with Crippen LogP contribution in [0.5, 0.6) is 11.5 Å². The van der Waals surface area contributed by atoms with Gasteiger partial charge in [-0.3, -0.25) is 0 Å². The van der Waals surface area contributed by atoms with Crippen molar-refractivity contribution in [1.29, 1.82) is 0 Å². The van der Waals surface area contributed by atoms with Gasteiger partial charge >= 0.3 is 12.4 Å². The van der Waals surface area contributed by atoms with E-state index in [9.17, 15) is 26.3 Å². The molecule has 0 radical (unpaired) electrons. The third-order valence-corrected chi connectivity index (χ3v) is 10.8. The molecule has 0 aromatic heterocycles. The molecule has 0 unspecified atom stereocenters. The van der Waals surface area contributed by atoms with Crippen molar-refractivity contribution in [2.75, 3.05) is 18.0 Å². The summed E-state index contributed by atoms with van der Waals surface area (Å²) in [7, 11) is 0. The van der Waals surface area contributed by atoms with Gasteiger partial charge in [0.25, 0.3) is 0 Å². The molecule has 0 saturated heterocycles. The van der Waals surface area contributed by atoms with Gasteiger partial charge in [-0.05, 0) is 129 Å². The Kier molecular flexibility index (Phi) is 15.1. The first-order valence-corrected chi connectivity index (χ1v) is 20.9. The summed E-state index contributed by atoms with van der Waals surface area (Å²) >= 11 is 0. The van der Waals surface area contributed by atoms with E-state index in [1.807, 2.05) is 152 Å². The standard InChI is InChI=1S/C51H58F6N2O2/c1-35(2)60-41-22-16-37(17-23-41)28-31-58-45-26-20-39(50(52,53)54)33-43(45)48(5,6)30-14-12-10-9-11-13-15-47-49(7,8)44-34-40(51(55,56)57)21-27-46(44)59(47)32-29-38-18-24-42(25-19-38)61-36(3)4/h9-27,33-36,58H,28-32H2,1-8H3/p+1/b10-9+,13-11+,14-12+,47-15+. The lowest BCUT2D eigenvalue weighted by Crippen LogP contribution is -2.79. The topological polar surface area (TPSA) is 38.3 Å². The predicted molar refractivity (Wildman–Crippen MR) is 235 cm³/mol. The van der Waals surface area contributed by atoms with Crippen molar-refractivity contribution in [2.45, 2.75) is 110 Å². The van der Waals surface area contributed by atoms with Gasteiger partial charge in [-0.15, -0.1) is 0 Å². The maximum absolute atomic E-state index is 13.9. The van der Waals surface area contributed by atoms with Gasteiger partial charge in [-0.25, -0.2) is 0 Å². The number of nitrogens with two attached hydrogens (primary N) is 1. The largest absolute Gasteiger partial charge is 0.491 e. The van der Waals surface area contributed by atoms with Crippen molar-refractivity contribution in [1.82, 2.24) is 0 Å². The van der Waals surface area contributed by atoms with Crippen LogP contribution >= 0.6 is 0 Å². The Morgan fingerprint density at radius 1 is 0.656 bits per heavy atom. The van der Waals surface area contributed by atoms with E-state index < -0.39 is 34.3 Å². The number of halogens is 6. The lowest BCUT2D eigenvalue weighted by molar-refractivity contribution is -0.571. The maximum atomic E-state index is 13.9. The van der Waals surface area contributed by atoms with E-state index in [0.717, 1.165) is 58.3 Å². The highest BCUT2D eigenvalue weighted by Crippen LogP contribution is 2.49. The Morgan fingerprint density at radius 2 is 1.18 bits per heavy atom. The fourth-order valence-corrected chi connectivity index (χ4v) is 7.63. The van der Waals surface area contributed by atoms with Crippen LogP contribution in [0.3, 0.4) is 0 Å². The van der Waals surface area contributed by atoms with Gasteiger partial charge in [0.15, 0.2) is 0 Å². The Labute approximate surface area is 357 Å². The minimum Gasteiger partial charge on any atom is -0.491 e. The molecule has 0 fully saturated rings. The van der Waals surface area contributed by atoms with Crippen molar-refractivity contribution in [2.24, 2.45) is 0 Å². The average molecular weight is 846 g/mol. The summed E-state index contributed by atoms with van der Waals surface area (Å²) in [6.45, 7) is 16.9. The van der Waals surface area contributed by atoms with E-state index in [-0.39, 0.29) is 12.2 Å². The highest BCUT2D eigenvalue weighted by atomic mass is 19.4. The molecule has 0 aliphatic carbocycles. The van der Waals surface area contributed by atoms with Gasteiger partial charge in [0.05, 0.1) is 29.9 Å². The van der Waals surface area contributed by atoms with E-state index in [0.29, 0.717) is 37.1 Å². The molecule has 326 valence electrons. The fourth-order valence-electron chi connectivity index (χ4n) is 7.63. The minimum atomic E-state index is -4.46. The number of hydrogen-bond acceptors (Lipinski definition) is 3. The van der Waals surface area contributed by atoms with Crippen molar-refractivity contribution < 1.29 is 41.1 Å². The van der Waals surface area contributed by atoms with E-state index >= 15 is 0 Å². The lowest BCUT2D eigenvalue weighted by Gasteiger charge is -2.27. The number of nitrogens with zero attached hydrogens (tertiary/aromatic N) is 1. The Bertz CT molecular complexity index is 2190. The Morgan fingerprint density at radius 3 is 1.75 bits per heavy atom. The molecule has 61 heavy (non-hydrogen) atoms. The fraction of sp³-hybridized carbons (Fsp3) is 0.373. The molecule has 4 aromatic carbocycles. The van der Waals surface area contributed by atoms with Crippen LogP contribution in [0.2, 0.25) is 0 Å². The number of quaternary nitrogens is 1. The molecule has 1 aliphatic heterocycles. The van der Waals surface area contributed by atoms with Crippen LogP contribution in [0.1, 0.15) is 95.2 Å². The van der Waals surface area contributed by atoms with Crippen LogP contribution in [-0.2, 0) is 36.0 Å². The molecular weight excluding hydrogens is 787 g/mol. The second-order valence-electron chi connectivity index (χ2n) is 17.3. The van der Waals surface area contributed by atoms with Gasteiger partial charge in [-0.1, -0.05) is 88.4 Å². The van der Waals surface area contributed by atoms with E-state index in [4.69, 9.17) is 9.47 Å². The van der Waals surface area contributed by atoms with Crippen LogP contribution in [0.15, 0.2) is 133 Å². The Balaban J connectivity index is 1.27. The second kappa shape index (κ2) is 19.7. The van der Waals surface area contributed by atoms with Gasteiger partial charge in [-0.2, -0.15) is 26.3 Å². The number of anilines is 1. The molecule has 10 heteroatoms. The molecule has 0 saturated carbocycles. The predicted octanol–water partition coefficient (Wildman–Crippen LogP) is 13.0. The lowest BCUT2D eigenvalue weighted by atomic mass is 9.79. The smallest absolute Gasteiger partial charge is 0.416 e. The summed E-state index contributed by atoms with van der Waals surface area (Å²) in [4.78, 5) is 2.10. The van der Waals surface area contributed by atoms with E-state index in [1.54, 1.807) is 12.1 Å². The third-order valence-electron chi connectivity index (χ3n) is 10.8. The first kappa shape index (κ1) is 46.8. The third kappa shape index (κ3) is 12.7. The van der Waals surface area contributed by atoms with Gasteiger partial charge < -0.3 is 19.7 Å². The number of hydrogen-bond donors (Lipinski definition) is 1. The number of alkyl halides is 6. The molecule has 2 N–H and O–H groups in total. The highest BCUT2D eigenvalue weighted by molar-refractivity contribution is 5.71. The van der Waals surface area contributed by atoms with Crippen LogP contribution in [0.25, 0.3) is 0 Å². The normalized spacial score (nSPS) is 15.3. The molecule has 0 spiro atoms. The summed E-state index contributed by atoms with van der Waals surface area (Å²) < 4.78 is 94.6. The molecule has 0 atom stereocenters. The molecule has 0 bridgehead atoms. The molecule has 4 aromatic rings. The molecule has 1 aliphatic rings. The molecule has 5 rings (SSSR count). The van der Waals surface area contributed by atoms with E-state index in [1.165, 1.54) is 12.1 Å². The molecule has 1 heterocycles. The number of fused-ring (bicyclic) bond motifs is 1. The SMILES string of the molecule is CC(C)Oc1ccc(CC[NH2+]c2ccc(C(F)(F)F)cc2C(C)(C)C/C=C/C=C/C=C/C=C2/N(CCc3ccc(OC(C)C)cc3)c3ccc(C(F)(F)F)cc3C2(C)C)cc1. The van der Waals surface area contributed by atoms with Gasteiger partial charge in [0.2, 0.25) is 0 Å². The zero-order valence-electron chi connectivity index (χ0n) is 36.4. The van der Waals surface area contributed by atoms with Crippen molar-refractivity contribution in [3.05, 3.63) is 167 Å². The van der Waals surface area contributed by atoms with Crippen molar-refractivity contribution in [3.8, 4) is 11.5 Å². The minimum absolute atomic E-state index is 0.0573. The van der Waals surface area contributed by atoms with Crippen LogP contribution in [0.4, 0.5) is 37.7 Å². The average Bonchev–Trinajstić information content (AvgIpc) is 3.39. The zero-order chi connectivity index (χ0) is 44.6. The zero-order valence-corrected chi connectivity index (χ0v) is 36.4. The number of rotatable bonds is 17. The number of ether oxygens (including phenoxy) is 2. The molecule has 4 nitrogen and oxygen atoms in total. The summed E-state index contributed by atoms with van der Waals surface area (Å²) in [5, 5.41) is 2.01. The number of benzene rings is 4. The quantitative estimate of drug-likeness (QED) is 0.0654. The maximum Gasteiger partial charge on any atom is 0.416 e. The second-order valence-corrected chi connectivity index (χ2v) is 17.3. The summed E-state index contributed by atoms with van der Waals surface area (Å²) in [5.74, 6) is 1.58. The summed E-state index contributed by atoms with van der Waals surface area (Å²) in [6, 6.07) is 23.8. The van der Waals surface area contributed by atoms with Crippen LogP contribution in [-0.4, -0.2) is 25.3 Å². The highest BCUT2D eigenvalue weighted by Gasteiger charge is 2.42. The molecular formula is C51H59F6N2O2+. The van der Waals surface area contributed by atoms with Gasteiger partial charge in [0.1, 0.15) is 17.2 Å². The Hall–Kier alpha value is -5.22. The van der Waals surface area contributed by atoms with Crippen LogP contribution in [0, 0.1) is 0 Å². The van der Waals surface area contributed by atoms with E-state index in [2.05, 4.69) is 4.90 Å². The van der Waals surface area contributed by atoms with Gasteiger partial charge in [0, 0.05) is 35.3 Å². The summed E-state index contributed by atoms with van der Waals surface area (Å²) in [6.07, 6.45) is 6.36. The first-order chi connectivity index (χ1) is 28.6. The summed E-state index contributed by atoms with van der Waals surface area (Å²) in [5.41, 5.74) is 3.22. The monoisotopic (exact) mass is 845 g/mol. The van der Waals surface area contributed by atoms with Crippen molar-refractivity contribution >= 4 is 11.4 Å². The van der Waals surface area contributed by atoms with Crippen molar-refractivity contribution in [3.63, 3.8) is 0 Å². The van der Waals surface area contributed by atoms with Crippen LogP contribution < -0.4 is 19.7 Å². The first-order valence-electron chi connectivity index (χ1n) is 20.9. The molecule has 0 amide bonds.